The molecular formula is C31H34F2N8O4. The first-order chi connectivity index (χ1) is 21.7. The van der Waals surface area contributed by atoms with E-state index in [9.17, 15) is 23.9 Å². The first-order valence-electron chi connectivity index (χ1n) is 14.9. The number of nitrogens with zero attached hydrogens (tertiary/aromatic N) is 7. The molecule has 3 aliphatic rings. The van der Waals surface area contributed by atoms with Gasteiger partial charge in [0.2, 0.25) is 5.95 Å². The average molecular weight is 621 g/mol. The zero-order valence-electron chi connectivity index (χ0n) is 24.8. The number of likely N-dealkylation sites (tertiary alicyclic amines) is 1. The van der Waals surface area contributed by atoms with Crippen LogP contribution in [0, 0.1) is 11.3 Å². The number of amides is 1. The van der Waals surface area contributed by atoms with Crippen LogP contribution in [0.5, 0.6) is 5.75 Å². The van der Waals surface area contributed by atoms with Gasteiger partial charge in [0, 0.05) is 50.9 Å². The maximum atomic E-state index is 14.9. The number of alkyl halides is 2. The van der Waals surface area contributed by atoms with Crippen molar-refractivity contribution in [3.05, 3.63) is 54.4 Å². The molecule has 0 spiro atoms. The summed E-state index contributed by atoms with van der Waals surface area (Å²) in [6, 6.07) is 12.7. The summed E-state index contributed by atoms with van der Waals surface area (Å²) in [7, 11) is 0. The van der Waals surface area contributed by atoms with Crippen molar-refractivity contribution in [2.75, 3.05) is 62.7 Å². The summed E-state index contributed by atoms with van der Waals surface area (Å²) >= 11 is 0. The third kappa shape index (κ3) is 6.80. The normalized spacial score (nSPS) is 21.0. The molecule has 0 bridgehead atoms. The lowest BCUT2D eigenvalue weighted by Crippen LogP contribution is -2.56. The number of nitrogens with one attached hydrogen (secondary N) is 1. The topological polar surface area (TPSA) is 140 Å². The first-order valence-corrected chi connectivity index (χ1v) is 14.9. The Morgan fingerprint density at radius 1 is 1.16 bits per heavy atom. The Bertz CT molecular complexity index is 1560. The smallest absolute Gasteiger partial charge is 0.301 e. The number of carbonyl (C=O) groups is 1. The molecule has 0 aliphatic carbocycles. The molecule has 2 atom stereocenters. The quantitative estimate of drug-likeness (QED) is 0.384. The number of pyridine rings is 1. The molecule has 236 valence electrons. The number of rotatable bonds is 8. The summed E-state index contributed by atoms with van der Waals surface area (Å²) in [6.45, 7) is 5.86. The van der Waals surface area contributed by atoms with E-state index in [0.717, 1.165) is 50.0 Å². The molecule has 14 heteroatoms. The summed E-state index contributed by atoms with van der Waals surface area (Å²) in [4.78, 5) is 31.1. The van der Waals surface area contributed by atoms with E-state index in [2.05, 4.69) is 30.1 Å². The van der Waals surface area contributed by atoms with Crippen molar-refractivity contribution in [2.24, 2.45) is 0 Å². The number of benzene rings is 1. The molecule has 3 fully saturated rings. The fourth-order valence-electron chi connectivity index (χ4n) is 5.67. The standard InChI is InChI=1S/C31H34F2N8O4/c1-20(42)29(43)41-9-7-27(31(32,33)19-41)45-26-4-2-21(14-22(26)15-34)25-6-8-35-30(37-25)38-28-5-3-23(16-36-28)39-10-12-40(13-11-39)24-17-44-18-24/h2-6,8,14,16,20,24,27,42H,7,9-13,17-19H2,1H3,(H,35,36,37,38)/t20-,27?/m0/s1. The van der Waals surface area contributed by atoms with Gasteiger partial charge >= 0.3 is 5.92 Å². The molecule has 1 aromatic carbocycles. The Balaban J connectivity index is 1.09. The molecule has 1 unspecified atom stereocenters. The van der Waals surface area contributed by atoms with Gasteiger partial charge in [-0.05, 0) is 43.3 Å². The number of aliphatic hydroxyl groups excluding tert-OH is 1. The number of hydrogen-bond donors (Lipinski definition) is 2. The van der Waals surface area contributed by atoms with Crippen LogP contribution in [0.2, 0.25) is 0 Å². The number of nitriles is 1. The van der Waals surface area contributed by atoms with Crippen molar-refractivity contribution in [3.8, 4) is 23.1 Å². The molecule has 3 aromatic rings. The van der Waals surface area contributed by atoms with E-state index in [4.69, 9.17) is 9.47 Å². The van der Waals surface area contributed by atoms with Gasteiger partial charge in [0.15, 0.2) is 6.10 Å². The average Bonchev–Trinajstić information content (AvgIpc) is 3.01. The Labute approximate surface area is 259 Å². The molecule has 0 saturated carbocycles. The van der Waals surface area contributed by atoms with Crippen LogP contribution in [0.15, 0.2) is 48.8 Å². The Morgan fingerprint density at radius 3 is 2.60 bits per heavy atom. The lowest BCUT2D eigenvalue weighted by Gasteiger charge is -2.43. The fraction of sp³-hybridized carbons (Fsp3) is 0.452. The van der Waals surface area contributed by atoms with Gasteiger partial charge in [0.25, 0.3) is 5.91 Å². The number of aromatic nitrogens is 3. The van der Waals surface area contributed by atoms with Crippen LogP contribution in [-0.4, -0.2) is 112 Å². The third-order valence-corrected chi connectivity index (χ3v) is 8.33. The number of ether oxygens (including phenoxy) is 2. The number of piperazine rings is 1. The van der Waals surface area contributed by atoms with E-state index >= 15 is 0 Å². The number of carbonyl (C=O) groups excluding carboxylic acids is 1. The number of hydrogen-bond acceptors (Lipinski definition) is 11. The van der Waals surface area contributed by atoms with Gasteiger partial charge in [-0.25, -0.2) is 23.7 Å². The molecule has 45 heavy (non-hydrogen) atoms. The molecular weight excluding hydrogens is 586 g/mol. The number of anilines is 3. The minimum atomic E-state index is -3.37. The number of aliphatic hydroxyl groups is 1. The van der Waals surface area contributed by atoms with Crippen LogP contribution in [0.4, 0.5) is 26.2 Å². The Kier molecular flexibility index (Phi) is 8.75. The molecule has 3 aliphatic heterocycles. The molecule has 1 amide bonds. The maximum Gasteiger partial charge on any atom is 0.301 e. The largest absolute Gasteiger partial charge is 0.483 e. The number of piperidine rings is 1. The molecule has 2 aromatic heterocycles. The highest BCUT2D eigenvalue weighted by atomic mass is 19.3. The Hall–Kier alpha value is -4.45. The van der Waals surface area contributed by atoms with E-state index in [-0.39, 0.29) is 24.3 Å². The number of halogens is 2. The van der Waals surface area contributed by atoms with Crippen molar-refractivity contribution in [3.63, 3.8) is 0 Å². The van der Waals surface area contributed by atoms with Crippen molar-refractivity contribution in [2.45, 2.75) is 37.5 Å². The summed E-state index contributed by atoms with van der Waals surface area (Å²) in [5.41, 5.74) is 2.20. The van der Waals surface area contributed by atoms with E-state index in [1.807, 2.05) is 24.4 Å². The van der Waals surface area contributed by atoms with Crippen LogP contribution < -0.4 is 15.0 Å². The van der Waals surface area contributed by atoms with E-state index in [1.165, 1.54) is 19.1 Å². The monoisotopic (exact) mass is 620 g/mol. The predicted octanol–water partition coefficient (Wildman–Crippen LogP) is 2.67. The van der Waals surface area contributed by atoms with Crippen LogP contribution >= 0.6 is 0 Å². The highest BCUT2D eigenvalue weighted by Gasteiger charge is 2.48. The van der Waals surface area contributed by atoms with Gasteiger partial charge < -0.3 is 29.7 Å². The first kappa shape index (κ1) is 30.6. The highest BCUT2D eigenvalue weighted by molar-refractivity contribution is 5.80. The summed E-state index contributed by atoms with van der Waals surface area (Å²) in [6.07, 6.45) is 0.347. The minimum absolute atomic E-state index is 0.00578. The molecule has 5 heterocycles. The van der Waals surface area contributed by atoms with E-state index in [1.54, 1.807) is 18.3 Å². The van der Waals surface area contributed by atoms with Gasteiger partial charge in [-0.3, -0.25) is 9.69 Å². The second kappa shape index (κ2) is 12.9. The lowest BCUT2D eigenvalue weighted by atomic mass is 10.0. The molecule has 12 nitrogen and oxygen atoms in total. The van der Waals surface area contributed by atoms with Gasteiger partial charge in [0.1, 0.15) is 23.7 Å². The van der Waals surface area contributed by atoms with Gasteiger partial charge in [-0.2, -0.15) is 5.26 Å². The zero-order valence-corrected chi connectivity index (χ0v) is 24.8. The van der Waals surface area contributed by atoms with Crippen LogP contribution in [0.3, 0.4) is 0 Å². The van der Waals surface area contributed by atoms with Crippen LogP contribution in [-0.2, 0) is 9.53 Å². The Morgan fingerprint density at radius 2 is 1.96 bits per heavy atom. The predicted molar refractivity (Wildman–Crippen MR) is 160 cm³/mol. The van der Waals surface area contributed by atoms with Crippen LogP contribution in [0.1, 0.15) is 18.9 Å². The zero-order chi connectivity index (χ0) is 31.6. The second-order valence-corrected chi connectivity index (χ2v) is 11.4. The SMILES string of the molecule is C[C@H](O)C(=O)N1CCC(Oc2ccc(-c3ccnc(Nc4ccc(N5CCN(C6COC6)CC5)cn4)n3)cc2C#N)C(F)(F)C1. The van der Waals surface area contributed by atoms with Gasteiger partial charge in [-0.1, -0.05) is 0 Å². The van der Waals surface area contributed by atoms with Crippen molar-refractivity contribution in [1.29, 1.82) is 5.26 Å². The van der Waals surface area contributed by atoms with Crippen molar-refractivity contribution >= 4 is 23.4 Å². The van der Waals surface area contributed by atoms with E-state index in [0.29, 0.717) is 29.1 Å². The summed E-state index contributed by atoms with van der Waals surface area (Å²) < 4.78 is 40.7. The molecule has 0 radical (unpaired) electrons. The molecule has 3 saturated heterocycles. The van der Waals surface area contributed by atoms with Crippen molar-refractivity contribution < 1.29 is 28.2 Å². The summed E-state index contributed by atoms with van der Waals surface area (Å²) in [5.74, 6) is -3.23. The van der Waals surface area contributed by atoms with E-state index < -0.39 is 30.6 Å². The molecule has 2 N–H and O–H groups in total. The van der Waals surface area contributed by atoms with Gasteiger partial charge in [0.05, 0.1) is 48.9 Å². The third-order valence-electron chi connectivity index (χ3n) is 8.33. The fourth-order valence-corrected chi connectivity index (χ4v) is 5.67. The van der Waals surface area contributed by atoms with Gasteiger partial charge in [-0.15, -0.1) is 0 Å². The second-order valence-electron chi connectivity index (χ2n) is 11.4. The van der Waals surface area contributed by atoms with Crippen molar-refractivity contribution in [1.82, 2.24) is 24.8 Å². The van der Waals surface area contributed by atoms with Crippen LogP contribution in [0.25, 0.3) is 11.3 Å². The summed E-state index contributed by atoms with van der Waals surface area (Å²) in [5, 5.41) is 22.4. The highest BCUT2D eigenvalue weighted by Crippen LogP contribution is 2.34. The lowest BCUT2D eigenvalue weighted by molar-refractivity contribution is -0.165. The molecule has 6 rings (SSSR count). The maximum absolute atomic E-state index is 14.9. The minimum Gasteiger partial charge on any atom is -0.483 e.